The molecule has 0 spiro atoms. The molecule has 0 fully saturated rings. The van der Waals surface area contributed by atoms with Gasteiger partial charge in [-0.05, 0) is 65.7 Å². The Hall–Kier alpha value is -6.17. The number of hydrogen-bond acceptors (Lipinski definition) is 4. The summed E-state index contributed by atoms with van der Waals surface area (Å²) in [6, 6.07) is 26.8. The third-order valence-corrected chi connectivity index (χ3v) is 9.42. The summed E-state index contributed by atoms with van der Waals surface area (Å²) in [5, 5.41) is 19.5. The highest BCUT2D eigenvalue weighted by atomic mass is 32.2. The van der Waals surface area contributed by atoms with Gasteiger partial charge in [-0.3, -0.25) is 0 Å². The largest absolute Gasteiger partial charge is 0.478 e. The zero-order chi connectivity index (χ0) is 33.5. The number of hydrogen-bond donors (Lipinski definition) is 1. The summed E-state index contributed by atoms with van der Waals surface area (Å²) in [6.07, 6.45) is -2.83. The molecule has 11 heteroatoms. The molecular weight excluding hydrogens is 627 g/mol. The van der Waals surface area contributed by atoms with E-state index in [0.717, 1.165) is 40.4 Å². The van der Waals surface area contributed by atoms with E-state index < -0.39 is 28.2 Å². The van der Waals surface area contributed by atoms with Gasteiger partial charge >= 0.3 is 5.97 Å². The van der Waals surface area contributed by atoms with Crippen molar-refractivity contribution in [3.05, 3.63) is 143 Å². The summed E-state index contributed by atoms with van der Waals surface area (Å²) in [4.78, 5) is 14.7. The average molecular weight is 648 g/mol. The van der Waals surface area contributed by atoms with Gasteiger partial charge in [0.15, 0.2) is 5.69 Å². The maximum atomic E-state index is 15.0. The van der Waals surface area contributed by atoms with Crippen LogP contribution >= 0.6 is 0 Å². The number of rotatable bonds is 7. The minimum absolute atomic E-state index is 0.000132. The van der Waals surface area contributed by atoms with Crippen LogP contribution in [0.15, 0.2) is 114 Å². The van der Waals surface area contributed by atoms with Crippen molar-refractivity contribution in [3.63, 3.8) is 0 Å². The minimum atomic E-state index is -4.59. The predicted octanol–water partition coefficient (Wildman–Crippen LogP) is 9.08. The number of carboxylic acids is 1. The molecule has 7 nitrogen and oxygen atoms in total. The highest BCUT2D eigenvalue weighted by Gasteiger charge is 2.31. The van der Waals surface area contributed by atoms with E-state index in [4.69, 9.17) is 6.57 Å². The number of aromatic carboxylic acids is 1. The molecule has 0 unspecified atom stereocenters. The molecule has 0 radical (unpaired) electrons. The summed E-state index contributed by atoms with van der Waals surface area (Å²) in [5.41, 5.74) is 1.45. The Morgan fingerprint density at radius 3 is 2.17 bits per heavy atom. The number of carboxylic acid groups (broad SMARTS) is 1. The first-order chi connectivity index (χ1) is 22.5. The van der Waals surface area contributed by atoms with Gasteiger partial charge in [0.1, 0.15) is 5.82 Å². The molecule has 0 atom stereocenters. The number of halogens is 3. The molecule has 6 rings (SSSR count). The molecule has 0 amide bonds. The van der Waals surface area contributed by atoms with E-state index in [1.165, 1.54) is 36.4 Å². The Labute approximate surface area is 266 Å². The van der Waals surface area contributed by atoms with Crippen molar-refractivity contribution < 1.29 is 31.5 Å². The fraction of sp³-hybridized carbons (Fsp3) is 0.0278. The van der Waals surface area contributed by atoms with Gasteiger partial charge in [0, 0.05) is 33.2 Å². The second-order valence-electron chi connectivity index (χ2n) is 10.4. The molecule has 5 aromatic carbocycles. The molecule has 0 aliphatic heterocycles. The Kier molecular flexibility index (Phi) is 7.85. The molecule has 6 aromatic rings. The van der Waals surface area contributed by atoms with Crippen molar-refractivity contribution in [2.45, 2.75) is 11.3 Å². The van der Waals surface area contributed by atoms with Crippen molar-refractivity contribution in [2.75, 3.05) is 0 Å². The Balaban J connectivity index is 1.75. The van der Waals surface area contributed by atoms with Crippen LogP contribution in [0.4, 0.5) is 18.9 Å². The van der Waals surface area contributed by atoms with Crippen LogP contribution in [0.3, 0.4) is 0 Å². The van der Waals surface area contributed by atoms with Crippen LogP contribution < -0.4 is 0 Å². The Morgan fingerprint density at radius 1 is 0.851 bits per heavy atom. The predicted molar refractivity (Wildman–Crippen MR) is 170 cm³/mol. The third-order valence-electron chi connectivity index (χ3n) is 7.69. The van der Waals surface area contributed by atoms with Crippen LogP contribution in [0.25, 0.3) is 49.3 Å². The first-order valence-electron chi connectivity index (χ1n) is 13.9. The summed E-state index contributed by atoms with van der Waals surface area (Å²) in [6.45, 7) is 7.86. The molecule has 1 heterocycles. The quantitative estimate of drug-likeness (QED) is 0.174. The monoisotopic (exact) mass is 647 g/mol. The number of fused-ring (bicyclic) bond motifs is 1. The van der Waals surface area contributed by atoms with E-state index in [0.29, 0.717) is 16.7 Å². The van der Waals surface area contributed by atoms with Crippen LogP contribution in [0.1, 0.15) is 27.9 Å². The zero-order valence-corrected chi connectivity index (χ0v) is 24.8. The molecule has 0 saturated heterocycles. The lowest BCUT2D eigenvalue weighted by Crippen LogP contribution is -2.14. The second kappa shape index (κ2) is 12.0. The van der Waals surface area contributed by atoms with Crippen LogP contribution in [0.5, 0.6) is 0 Å². The number of carbonyl (C=O) groups is 1. The highest BCUT2D eigenvalue weighted by molar-refractivity contribution is 7.90. The molecule has 1 N–H and O–H groups in total. The van der Waals surface area contributed by atoms with Crippen LogP contribution in [-0.2, 0) is 10.0 Å². The lowest BCUT2D eigenvalue weighted by Gasteiger charge is -2.16. The van der Waals surface area contributed by atoms with Gasteiger partial charge in [0.2, 0.25) is 0 Å². The fourth-order valence-corrected chi connectivity index (χ4v) is 7.08. The number of benzene rings is 5. The topological polar surface area (TPSA) is 105 Å². The molecular formula is C36H20F3N3O4S. The van der Waals surface area contributed by atoms with Crippen LogP contribution in [-0.4, -0.2) is 23.5 Å². The maximum Gasteiger partial charge on any atom is 0.335 e. The van der Waals surface area contributed by atoms with E-state index in [1.54, 1.807) is 36.4 Å². The SMILES string of the molecule is [C-]#[N+]c1cccc(C#N)c1-c1c(-c2cccc(-c3ccc(C(=O)O)cc3)c2)n(S(=O)(=O)c2ccc(C(F)F)cc2)c2ccc(F)cc12. The lowest BCUT2D eigenvalue weighted by atomic mass is 9.92. The van der Waals surface area contributed by atoms with Gasteiger partial charge in [0.25, 0.3) is 16.4 Å². The normalized spacial score (nSPS) is 11.4. The van der Waals surface area contributed by atoms with E-state index in [1.807, 2.05) is 0 Å². The lowest BCUT2D eigenvalue weighted by molar-refractivity contribution is 0.0697. The fourth-order valence-electron chi connectivity index (χ4n) is 5.53. The minimum Gasteiger partial charge on any atom is -0.478 e. The van der Waals surface area contributed by atoms with E-state index >= 15 is 0 Å². The van der Waals surface area contributed by atoms with Crippen molar-refractivity contribution in [3.8, 4) is 39.6 Å². The molecule has 0 saturated carbocycles. The van der Waals surface area contributed by atoms with Gasteiger partial charge in [-0.1, -0.05) is 54.6 Å². The first-order valence-corrected chi connectivity index (χ1v) is 15.3. The summed E-state index contributed by atoms with van der Waals surface area (Å²) < 4.78 is 71.7. The van der Waals surface area contributed by atoms with Crippen molar-refractivity contribution in [1.29, 1.82) is 5.26 Å². The molecule has 0 aliphatic rings. The van der Waals surface area contributed by atoms with Gasteiger partial charge in [-0.25, -0.2) is 35.2 Å². The van der Waals surface area contributed by atoms with Crippen molar-refractivity contribution in [1.82, 2.24) is 3.97 Å². The Morgan fingerprint density at radius 2 is 1.53 bits per heavy atom. The Bertz CT molecular complexity index is 2370. The highest BCUT2D eigenvalue weighted by Crippen LogP contribution is 2.48. The summed E-state index contributed by atoms with van der Waals surface area (Å²) >= 11 is 0. The van der Waals surface area contributed by atoms with Crippen molar-refractivity contribution >= 4 is 32.6 Å². The van der Waals surface area contributed by atoms with Gasteiger partial charge in [0.05, 0.1) is 34.3 Å². The second-order valence-corrected chi connectivity index (χ2v) is 12.2. The molecule has 1 aromatic heterocycles. The number of nitriles is 1. The van der Waals surface area contributed by atoms with E-state index in [-0.39, 0.29) is 55.0 Å². The molecule has 47 heavy (non-hydrogen) atoms. The average Bonchev–Trinajstić information content (AvgIpc) is 3.42. The zero-order valence-electron chi connectivity index (χ0n) is 24.0. The first kappa shape index (κ1) is 30.8. The summed E-state index contributed by atoms with van der Waals surface area (Å²) in [5.74, 6) is -1.81. The van der Waals surface area contributed by atoms with E-state index in [2.05, 4.69) is 10.9 Å². The van der Waals surface area contributed by atoms with Gasteiger partial charge in [-0.15, -0.1) is 0 Å². The number of aromatic nitrogens is 1. The van der Waals surface area contributed by atoms with Crippen LogP contribution in [0, 0.1) is 23.7 Å². The standard InChI is InChI=1S/C36H20F3N3O4S/c1-41-30-7-3-6-26(20-40)32(30)33-29-19-27(37)14-17-31(29)42(47(45,46)28-15-12-22(13-16-28)35(38)39)34(33)25-5-2-4-24(18-25)21-8-10-23(11-9-21)36(43)44/h2-19,35H,(H,43,44). The van der Waals surface area contributed by atoms with Gasteiger partial charge < -0.3 is 5.11 Å². The van der Waals surface area contributed by atoms with E-state index in [9.17, 15) is 36.8 Å². The van der Waals surface area contributed by atoms with Crippen LogP contribution in [0.2, 0.25) is 0 Å². The number of nitrogens with zero attached hydrogens (tertiary/aromatic N) is 3. The molecule has 230 valence electrons. The number of alkyl halides is 2. The smallest absolute Gasteiger partial charge is 0.335 e. The molecule has 0 aliphatic carbocycles. The van der Waals surface area contributed by atoms with Gasteiger partial charge in [-0.2, -0.15) is 5.26 Å². The maximum absolute atomic E-state index is 15.0. The third kappa shape index (κ3) is 5.39. The molecule has 0 bridgehead atoms. The summed E-state index contributed by atoms with van der Waals surface area (Å²) in [7, 11) is -4.59. The van der Waals surface area contributed by atoms with Crippen molar-refractivity contribution in [2.24, 2.45) is 0 Å².